The third kappa shape index (κ3) is 11.5. The van der Waals surface area contributed by atoms with Gasteiger partial charge >= 0.3 is 18.9 Å². The maximum atomic E-state index is 3.53. The van der Waals surface area contributed by atoms with E-state index in [9.17, 15) is 0 Å². The topological polar surface area (TPSA) is 24.4 Å². The number of hydrogen-bond donors (Lipinski definition) is 1. The Morgan fingerprint density at radius 1 is 1.44 bits per heavy atom. The van der Waals surface area contributed by atoms with Crippen LogP contribution in [-0.2, 0) is 0 Å². The van der Waals surface area contributed by atoms with E-state index in [-0.39, 0.29) is 24.4 Å². The normalized spacial score (nSPS) is 11.0. The molecule has 0 aromatic heterocycles. The van der Waals surface area contributed by atoms with Gasteiger partial charge in [0.1, 0.15) is 0 Å². The number of aliphatic imine (C=N–C) groups is 1. The van der Waals surface area contributed by atoms with Gasteiger partial charge in [0.25, 0.3) is 0 Å². The van der Waals surface area contributed by atoms with Crippen LogP contribution < -0.4 is 24.2 Å². The smallest absolute Gasteiger partial charge is 0.448 e. The number of nitrogens with one attached hydrogen (secondary N) is 1. The van der Waals surface area contributed by atoms with Crippen molar-refractivity contribution in [3.05, 3.63) is 7.05 Å². The minimum Gasteiger partial charge on any atom is -0.448 e. The molecule has 48 valence electrons. The maximum absolute atomic E-state index is 3.53. The Hall–Kier alpha value is -0.0626. The van der Waals surface area contributed by atoms with Crippen molar-refractivity contribution in [3.8, 4) is 0 Å². The van der Waals surface area contributed by atoms with Gasteiger partial charge in [-0.3, -0.25) is 0 Å². The molecule has 0 aliphatic carbocycles. The third-order valence-electron chi connectivity index (χ3n) is 0.589. The second-order valence-corrected chi connectivity index (χ2v) is 2.71. The van der Waals surface area contributed by atoms with E-state index in [1.165, 1.54) is 0 Å². The van der Waals surface area contributed by atoms with Crippen molar-refractivity contribution < 1.29 is 18.9 Å². The number of nitrogens with zero attached hydrogens (tertiary/aromatic N) is 1. The van der Waals surface area contributed by atoms with E-state index < -0.39 is 0 Å². The van der Waals surface area contributed by atoms with Crippen molar-refractivity contribution in [2.45, 2.75) is 26.3 Å². The van der Waals surface area contributed by atoms with Crippen molar-refractivity contribution in [3.63, 3.8) is 0 Å². The Morgan fingerprint density at radius 3 is 2.00 bits per heavy atom. The van der Waals surface area contributed by atoms with Crippen LogP contribution in [0.15, 0.2) is 4.99 Å². The Bertz CT molecular complexity index is 83.5. The summed E-state index contributed by atoms with van der Waals surface area (Å²) >= 11 is 0. The molecule has 0 radical (unpaired) electrons. The molecule has 0 saturated heterocycles. The van der Waals surface area contributed by atoms with Crippen LogP contribution in [0.3, 0.4) is 0 Å². The molecular formula is C6H13LiN2. The Balaban J connectivity index is 0. The molecule has 0 aromatic carbocycles. The fourth-order valence-electron chi connectivity index (χ4n) is 0.239. The van der Waals surface area contributed by atoms with E-state index in [1.54, 1.807) is 6.34 Å². The van der Waals surface area contributed by atoms with Crippen LogP contribution in [0, 0.1) is 7.05 Å². The summed E-state index contributed by atoms with van der Waals surface area (Å²) in [5.41, 5.74) is 0.112. The molecule has 0 unspecified atom stereocenters. The molecule has 0 spiro atoms. The molecule has 0 aromatic rings. The number of hydrogen-bond acceptors (Lipinski definition) is 1. The van der Waals surface area contributed by atoms with E-state index in [0.717, 1.165) is 0 Å². The molecule has 9 heavy (non-hydrogen) atoms. The zero-order chi connectivity index (χ0) is 6.62. The van der Waals surface area contributed by atoms with Gasteiger partial charge in [-0.15, -0.1) is 0 Å². The van der Waals surface area contributed by atoms with Gasteiger partial charge in [-0.1, -0.05) is 6.34 Å². The Labute approximate surface area is 69.3 Å². The monoisotopic (exact) mass is 120 g/mol. The Morgan fingerprint density at radius 2 is 1.89 bits per heavy atom. The molecule has 3 heteroatoms. The summed E-state index contributed by atoms with van der Waals surface area (Å²) in [5, 5.41) is 3.02. The second-order valence-electron chi connectivity index (χ2n) is 2.71. The van der Waals surface area contributed by atoms with Gasteiger partial charge in [0, 0.05) is 5.54 Å². The van der Waals surface area contributed by atoms with Gasteiger partial charge in [-0.2, -0.15) is 7.05 Å². The van der Waals surface area contributed by atoms with Crippen molar-refractivity contribution in [2.75, 3.05) is 0 Å². The van der Waals surface area contributed by atoms with Gasteiger partial charge in [-0.05, 0) is 20.8 Å². The largest absolute Gasteiger partial charge is 1.00 e. The standard InChI is InChI=1S/C6H13N2.Li/c1-6(2,3)8-5-7-4;/h5H,4H2,1-3H3,(H,7,8);/q-1;+1. The second kappa shape index (κ2) is 4.78. The van der Waals surface area contributed by atoms with Crippen molar-refractivity contribution in [2.24, 2.45) is 4.99 Å². The van der Waals surface area contributed by atoms with Crippen molar-refractivity contribution in [1.29, 1.82) is 0 Å². The molecular weight excluding hydrogens is 107 g/mol. The first-order valence-electron chi connectivity index (χ1n) is 2.61. The van der Waals surface area contributed by atoms with Crippen LogP contribution in [-0.4, -0.2) is 11.9 Å². The summed E-state index contributed by atoms with van der Waals surface area (Å²) in [5.74, 6) is 0. The van der Waals surface area contributed by atoms with E-state index in [4.69, 9.17) is 0 Å². The van der Waals surface area contributed by atoms with Gasteiger partial charge in [0.2, 0.25) is 0 Å². The third-order valence-corrected chi connectivity index (χ3v) is 0.589. The molecule has 0 amide bonds. The summed E-state index contributed by atoms with van der Waals surface area (Å²) in [6.07, 6.45) is 1.60. The Kier molecular flexibility index (Phi) is 6.22. The molecule has 0 atom stereocenters. The zero-order valence-electron chi connectivity index (χ0n) is 6.73. The summed E-state index contributed by atoms with van der Waals surface area (Å²) in [6, 6.07) is 0. The van der Waals surface area contributed by atoms with Crippen LogP contribution in [0.5, 0.6) is 0 Å². The molecule has 0 fully saturated rings. The first kappa shape index (κ1) is 11.7. The maximum Gasteiger partial charge on any atom is 1.00 e. The van der Waals surface area contributed by atoms with Gasteiger partial charge < -0.3 is 10.3 Å². The summed E-state index contributed by atoms with van der Waals surface area (Å²) in [7, 11) is 3.30. The predicted molar refractivity (Wildman–Crippen MR) is 36.7 cm³/mol. The van der Waals surface area contributed by atoms with Gasteiger partial charge in [0.15, 0.2) is 0 Å². The van der Waals surface area contributed by atoms with Crippen LogP contribution >= 0.6 is 0 Å². The van der Waals surface area contributed by atoms with Gasteiger partial charge in [-0.25, -0.2) is 0 Å². The van der Waals surface area contributed by atoms with Crippen LogP contribution in [0.2, 0.25) is 0 Å². The molecule has 2 nitrogen and oxygen atoms in total. The molecule has 1 N–H and O–H groups in total. The molecule has 0 aliphatic heterocycles. The quantitative estimate of drug-likeness (QED) is 0.188. The predicted octanol–water partition coefficient (Wildman–Crippen LogP) is -1.80. The van der Waals surface area contributed by atoms with E-state index in [1.807, 2.05) is 0 Å². The fraction of sp³-hybridized carbons (Fsp3) is 0.667. The average molecular weight is 120 g/mol. The zero-order valence-corrected chi connectivity index (χ0v) is 6.73. The molecule has 0 heterocycles. The van der Waals surface area contributed by atoms with E-state index in [0.29, 0.717) is 0 Å². The molecule has 0 bridgehead atoms. The fourth-order valence-corrected chi connectivity index (χ4v) is 0.239. The molecule has 0 aliphatic rings. The molecule has 0 rings (SSSR count). The first-order chi connectivity index (χ1) is 3.56. The average Bonchev–Trinajstić information content (AvgIpc) is 1.59. The van der Waals surface area contributed by atoms with Crippen LogP contribution in [0.25, 0.3) is 0 Å². The van der Waals surface area contributed by atoms with Crippen molar-refractivity contribution in [1.82, 2.24) is 5.32 Å². The molecule has 0 saturated carbocycles. The summed E-state index contributed by atoms with van der Waals surface area (Å²) < 4.78 is 0. The minimum absolute atomic E-state index is 0. The minimum atomic E-state index is 0. The van der Waals surface area contributed by atoms with Crippen LogP contribution in [0.1, 0.15) is 20.8 Å². The summed E-state index contributed by atoms with van der Waals surface area (Å²) in [4.78, 5) is 3.53. The number of rotatable bonds is 1. The van der Waals surface area contributed by atoms with E-state index >= 15 is 0 Å². The van der Waals surface area contributed by atoms with Crippen LogP contribution in [0.4, 0.5) is 0 Å². The SMILES string of the molecule is [CH2-]N=CNC(C)(C)C.[Li+]. The van der Waals surface area contributed by atoms with E-state index in [2.05, 4.69) is 38.1 Å². The first-order valence-corrected chi connectivity index (χ1v) is 2.61. The van der Waals surface area contributed by atoms with Gasteiger partial charge in [0.05, 0.1) is 0 Å². The summed E-state index contributed by atoms with van der Waals surface area (Å²) in [6.45, 7) is 6.19. The van der Waals surface area contributed by atoms with Crippen molar-refractivity contribution >= 4 is 6.34 Å².